The summed E-state index contributed by atoms with van der Waals surface area (Å²) in [5, 5.41) is 0. The quantitative estimate of drug-likeness (QED) is 0.605. The van der Waals surface area contributed by atoms with Gasteiger partial charge in [0.2, 0.25) is 11.8 Å². The van der Waals surface area contributed by atoms with Gasteiger partial charge in [-0.15, -0.1) is 0 Å². The Morgan fingerprint density at radius 2 is 1.62 bits per heavy atom. The van der Waals surface area contributed by atoms with Gasteiger partial charge in [0.15, 0.2) is 6.61 Å². The number of hydrogen-bond donors (Lipinski definition) is 0. The Kier molecular flexibility index (Phi) is 6.19. The second-order valence-corrected chi connectivity index (χ2v) is 7.03. The minimum Gasteiger partial charge on any atom is -0.486 e. The molecule has 1 heterocycles. The Hall–Kier alpha value is -2.72. The van der Waals surface area contributed by atoms with Gasteiger partial charge < -0.3 is 14.4 Å². The molecule has 2 aromatic rings. The van der Waals surface area contributed by atoms with Gasteiger partial charge in [-0.2, -0.15) is 31.3 Å². The summed E-state index contributed by atoms with van der Waals surface area (Å²) in [5.41, 5.74) is -1.67. The van der Waals surface area contributed by atoms with Crippen LogP contribution >= 0.6 is 0 Å². The SMILES string of the molecule is CN(c1ncc(C(F)(F)F)c(OCC(F)(F)F)n1)c1ccccc1OC(C)(C)C. The lowest BCUT2D eigenvalue weighted by atomic mass is 10.2. The largest absolute Gasteiger partial charge is 0.486 e. The van der Waals surface area contributed by atoms with E-state index < -0.39 is 36.0 Å². The van der Waals surface area contributed by atoms with Crippen molar-refractivity contribution >= 4 is 11.6 Å². The smallest absolute Gasteiger partial charge is 0.423 e. The number of ether oxygens (including phenoxy) is 2. The number of halogens is 6. The fraction of sp³-hybridized carbons (Fsp3) is 0.444. The molecule has 0 spiro atoms. The van der Waals surface area contributed by atoms with E-state index in [1.54, 1.807) is 24.3 Å². The third-order valence-corrected chi connectivity index (χ3v) is 3.36. The number of alkyl halides is 6. The number of para-hydroxylation sites is 2. The number of anilines is 2. The summed E-state index contributed by atoms with van der Waals surface area (Å²) >= 11 is 0. The first-order chi connectivity index (χ1) is 13.2. The van der Waals surface area contributed by atoms with Crippen molar-refractivity contribution in [1.29, 1.82) is 0 Å². The topological polar surface area (TPSA) is 47.5 Å². The Labute approximate surface area is 163 Å². The molecule has 0 saturated heterocycles. The van der Waals surface area contributed by atoms with E-state index in [4.69, 9.17) is 4.74 Å². The number of nitrogens with zero attached hydrogens (tertiary/aromatic N) is 3. The van der Waals surface area contributed by atoms with Crippen molar-refractivity contribution in [3.05, 3.63) is 36.0 Å². The lowest BCUT2D eigenvalue weighted by molar-refractivity contribution is -0.159. The first kappa shape index (κ1) is 22.6. The molecule has 0 aliphatic rings. The van der Waals surface area contributed by atoms with E-state index in [1.807, 2.05) is 20.8 Å². The first-order valence-corrected chi connectivity index (χ1v) is 8.33. The van der Waals surface area contributed by atoms with Gasteiger partial charge in [-0.1, -0.05) is 12.1 Å². The minimum absolute atomic E-state index is 0.292. The molecule has 2 rings (SSSR count). The fourth-order valence-electron chi connectivity index (χ4n) is 2.23. The molecule has 0 amide bonds. The Bertz CT molecular complexity index is 847. The van der Waals surface area contributed by atoms with Crippen LogP contribution in [0.2, 0.25) is 0 Å². The summed E-state index contributed by atoms with van der Waals surface area (Å²) in [6, 6.07) is 6.61. The Balaban J connectivity index is 2.45. The van der Waals surface area contributed by atoms with E-state index in [0.29, 0.717) is 17.6 Å². The number of benzene rings is 1. The lowest BCUT2D eigenvalue weighted by Crippen LogP contribution is -2.25. The molecule has 0 fully saturated rings. The zero-order valence-electron chi connectivity index (χ0n) is 16.0. The number of hydrogen-bond acceptors (Lipinski definition) is 5. The third-order valence-electron chi connectivity index (χ3n) is 3.36. The van der Waals surface area contributed by atoms with Gasteiger partial charge in [0, 0.05) is 13.2 Å². The second kappa shape index (κ2) is 7.96. The maximum atomic E-state index is 13.1. The van der Waals surface area contributed by atoms with Gasteiger partial charge in [0.1, 0.15) is 16.9 Å². The van der Waals surface area contributed by atoms with Crippen molar-refractivity contribution in [1.82, 2.24) is 9.97 Å². The van der Waals surface area contributed by atoms with E-state index >= 15 is 0 Å². The molecule has 0 aliphatic carbocycles. The van der Waals surface area contributed by atoms with Crippen LogP contribution in [0.4, 0.5) is 38.0 Å². The zero-order valence-corrected chi connectivity index (χ0v) is 16.0. The van der Waals surface area contributed by atoms with Gasteiger partial charge in [-0.25, -0.2) is 4.98 Å². The van der Waals surface area contributed by atoms with Crippen LogP contribution in [0.25, 0.3) is 0 Å². The zero-order chi connectivity index (χ0) is 22.0. The monoisotopic (exact) mass is 423 g/mol. The van der Waals surface area contributed by atoms with Crippen LogP contribution in [0.15, 0.2) is 30.5 Å². The van der Waals surface area contributed by atoms with Gasteiger partial charge in [-0.05, 0) is 32.9 Å². The summed E-state index contributed by atoms with van der Waals surface area (Å²) in [6.07, 6.45) is -9.42. The maximum Gasteiger partial charge on any atom is 0.423 e. The van der Waals surface area contributed by atoms with Crippen LogP contribution in [0.5, 0.6) is 11.6 Å². The van der Waals surface area contributed by atoms with Crippen LogP contribution in [-0.2, 0) is 6.18 Å². The number of rotatable bonds is 5. The molecular weight excluding hydrogens is 404 g/mol. The molecule has 0 bridgehead atoms. The summed E-state index contributed by atoms with van der Waals surface area (Å²) in [7, 11) is 1.45. The predicted molar refractivity (Wildman–Crippen MR) is 93.5 cm³/mol. The van der Waals surface area contributed by atoms with Crippen LogP contribution in [0.3, 0.4) is 0 Å². The highest BCUT2D eigenvalue weighted by Crippen LogP contribution is 2.38. The van der Waals surface area contributed by atoms with Crippen molar-refractivity contribution in [3.8, 4) is 11.6 Å². The van der Waals surface area contributed by atoms with Crippen LogP contribution in [0.1, 0.15) is 26.3 Å². The molecule has 0 unspecified atom stereocenters. The summed E-state index contributed by atoms with van der Waals surface area (Å²) in [5.74, 6) is -1.11. The minimum atomic E-state index is -4.98. The lowest BCUT2D eigenvalue weighted by Gasteiger charge is -2.26. The van der Waals surface area contributed by atoms with E-state index in [0.717, 1.165) is 0 Å². The normalized spacial score (nSPS) is 12.6. The van der Waals surface area contributed by atoms with Crippen molar-refractivity contribution < 1.29 is 35.8 Å². The molecule has 1 aromatic carbocycles. The highest BCUT2D eigenvalue weighted by molar-refractivity contribution is 5.65. The summed E-state index contributed by atoms with van der Waals surface area (Å²) in [4.78, 5) is 8.51. The number of aromatic nitrogens is 2. The van der Waals surface area contributed by atoms with Gasteiger partial charge >= 0.3 is 12.4 Å². The molecular formula is C18H19F6N3O2. The molecule has 0 aliphatic heterocycles. The average Bonchev–Trinajstić information content (AvgIpc) is 2.56. The molecule has 11 heteroatoms. The highest BCUT2D eigenvalue weighted by atomic mass is 19.4. The van der Waals surface area contributed by atoms with Crippen LogP contribution in [0, 0.1) is 0 Å². The molecule has 0 N–H and O–H groups in total. The second-order valence-electron chi connectivity index (χ2n) is 7.03. The maximum absolute atomic E-state index is 13.1. The van der Waals surface area contributed by atoms with Gasteiger partial charge in [-0.3, -0.25) is 0 Å². The summed E-state index contributed by atoms with van der Waals surface area (Å²) in [6.45, 7) is 3.50. The highest BCUT2D eigenvalue weighted by Gasteiger charge is 2.38. The van der Waals surface area contributed by atoms with Crippen LogP contribution < -0.4 is 14.4 Å². The molecule has 5 nitrogen and oxygen atoms in total. The van der Waals surface area contributed by atoms with Gasteiger partial charge in [0.25, 0.3) is 0 Å². The molecule has 0 saturated carbocycles. The molecule has 0 atom stereocenters. The molecule has 160 valence electrons. The first-order valence-electron chi connectivity index (χ1n) is 8.33. The standard InChI is InChI=1S/C18H19F6N3O2/c1-16(2,3)29-13-8-6-5-7-12(13)27(4)15-25-9-11(18(22,23)24)14(26-15)28-10-17(19,20)21/h5-9H,10H2,1-4H3. The molecule has 29 heavy (non-hydrogen) atoms. The third kappa shape index (κ3) is 6.40. The van der Waals surface area contributed by atoms with E-state index in [9.17, 15) is 26.3 Å². The Morgan fingerprint density at radius 3 is 2.17 bits per heavy atom. The average molecular weight is 423 g/mol. The predicted octanol–water partition coefficient (Wildman–Crippen LogP) is 5.38. The van der Waals surface area contributed by atoms with E-state index in [2.05, 4.69) is 14.7 Å². The van der Waals surface area contributed by atoms with Crippen molar-refractivity contribution in [2.75, 3.05) is 18.6 Å². The van der Waals surface area contributed by atoms with Crippen molar-refractivity contribution in [2.45, 2.75) is 38.7 Å². The molecule has 1 aromatic heterocycles. The van der Waals surface area contributed by atoms with Crippen molar-refractivity contribution in [3.63, 3.8) is 0 Å². The van der Waals surface area contributed by atoms with E-state index in [-0.39, 0.29) is 5.95 Å². The Morgan fingerprint density at radius 1 is 1.00 bits per heavy atom. The van der Waals surface area contributed by atoms with Crippen molar-refractivity contribution in [2.24, 2.45) is 0 Å². The fourth-order valence-corrected chi connectivity index (χ4v) is 2.23. The van der Waals surface area contributed by atoms with E-state index in [1.165, 1.54) is 11.9 Å². The summed E-state index contributed by atoms with van der Waals surface area (Å²) < 4.78 is 86.7. The van der Waals surface area contributed by atoms with Crippen LogP contribution in [-0.4, -0.2) is 35.4 Å². The van der Waals surface area contributed by atoms with Gasteiger partial charge in [0.05, 0.1) is 5.69 Å². The molecule has 0 radical (unpaired) electrons.